The van der Waals surface area contributed by atoms with Gasteiger partial charge in [0.25, 0.3) is 0 Å². The zero-order chi connectivity index (χ0) is 19.3. The van der Waals surface area contributed by atoms with E-state index in [1.807, 2.05) is 91.0 Å². The van der Waals surface area contributed by atoms with Crippen LogP contribution in [0.3, 0.4) is 0 Å². The van der Waals surface area contributed by atoms with Crippen molar-refractivity contribution in [1.29, 1.82) is 0 Å². The van der Waals surface area contributed by atoms with Crippen LogP contribution in [0.5, 0.6) is 17.2 Å². The lowest BCUT2D eigenvalue weighted by Crippen LogP contribution is -1.98. The van der Waals surface area contributed by atoms with Crippen LogP contribution >= 0.6 is 0 Å². The predicted octanol–water partition coefficient (Wildman–Crippen LogP) is 6.01. The van der Waals surface area contributed by atoms with Crippen LogP contribution in [0.2, 0.25) is 0 Å². The molecule has 2 N–H and O–H groups in total. The Morgan fingerprint density at radius 1 is 0.607 bits per heavy atom. The highest BCUT2D eigenvalue weighted by Crippen LogP contribution is 2.49. The van der Waals surface area contributed by atoms with Gasteiger partial charge in [-0.3, -0.25) is 0 Å². The molecule has 4 rings (SSSR count). The molecule has 0 bridgehead atoms. The number of aromatic hydroxyl groups is 2. The van der Waals surface area contributed by atoms with E-state index in [4.69, 9.17) is 4.74 Å². The van der Waals surface area contributed by atoms with Crippen LogP contribution in [0.4, 0.5) is 0 Å². The summed E-state index contributed by atoms with van der Waals surface area (Å²) in [5.74, 6) is 0.178. The van der Waals surface area contributed by atoms with Gasteiger partial charge in [0, 0.05) is 5.56 Å². The van der Waals surface area contributed by atoms with E-state index in [0.29, 0.717) is 23.5 Å². The predicted molar refractivity (Wildman–Crippen MR) is 111 cm³/mol. The van der Waals surface area contributed by atoms with Gasteiger partial charge in [0.05, 0.1) is 5.56 Å². The van der Waals surface area contributed by atoms with Crippen molar-refractivity contribution in [2.24, 2.45) is 0 Å². The Labute approximate surface area is 164 Å². The van der Waals surface area contributed by atoms with Crippen LogP contribution in [0, 0.1) is 0 Å². The van der Waals surface area contributed by atoms with Gasteiger partial charge in [-0.2, -0.15) is 0 Å². The third kappa shape index (κ3) is 3.55. The van der Waals surface area contributed by atoms with Crippen LogP contribution in [0.15, 0.2) is 97.1 Å². The lowest BCUT2D eigenvalue weighted by Gasteiger charge is -2.17. The molecule has 4 aromatic carbocycles. The van der Waals surface area contributed by atoms with Gasteiger partial charge in [-0.1, -0.05) is 91.0 Å². The van der Waals surface area contributed by atoms with Crippen LogP contribution in [0.25, 0.3) is 22.3 Å². The maximum absolute atomic E-state index is 10.8. The second kappa shape index (κ2) is 7.89. The van der Waals surface area contributed by atoms with E-state index in [1.54, 1.807) is 6.07 Å². The normalized spacial score (nSPS) is 10.6. The van der Waals surface area contributed by atoms with Crippen molar-refractivity contribution < 1.29 is 14.9 Å². The molecule has 0 spiro atoms. The number of phenols is 2. The van der Waals surface area contributed by atoms with Gasteiger partial charge in [-0.25, -0.2) is 0 Å². The molecule has 0 saturated heterocycles. The Kier molecular flexibility index (Phi) is 4.98. The van der Waals surface area contributed by atoms with Gasteiger partial charge in [-0.15, -0.1) is 0 Å². The molecule has 0 aliphatic heterocycles. The largest absolute Gasteiger partial charge is 0.504 e. The van der Waals surface area contributed by atoms with Gasteiger partial charge in [0.15, 0.2) is 11.5 Å². The van der Waals surface area contributed by atoms with Gasteiger partial charge in [0.1, 0.15) is 12.4 Å². The molecular weight excluding hydrogens is 348 g/mol. The Bertz CT molecular complexity index is 1060. The fourth-order valence-corrected chi connectivity index (χ4v) is 3.20. The van der Waals surface area contributed by atoms with Crippen molar-refractivity contribution in [3.8, 4) is 39.5 Å². The summed E-state index contributed by atoms with van der Waals surface area (Å²) in [4.78, 5) is 0. The summed E-state index contributed by atoms with van der Waals surface area (Å²) >= 11 is 0. The second-order valence-electron chi connectivity index (χ2n) is 6.50. The fourth-order valence-electron chi connectivity index (χ4n) is 3.20. The van der Waals surface area contributed by atoms with E-state index in [1.165, 1.54) is 0 Å². The zero-order valence-electron chi connectivity index (χ0n) is 15.2. The monoisotopic (exact) mass is 368 g/mol. The lowest BCUT2D eigenvalue weighted by molar-refractivity contribution is 0.304. The summed E-state index contributed by atoms with van der Waals surface area (Å²) in [7, 11) is 0. The quantitative estimate of drug-likeness (QED) is 0.424. The first-order chi connectivity index (χ1) is 13.7. The van der Waals surface area contributed by atoms with Crippen molar-refractivity contribution >= 4 is 0 Å². The molecule has 0 radical (unpaired) electrons. The fraction of sp³-hybridized carbons (Fsp3) is 0.0400. The topological polar surface area (TPSA) is 49.7 Å². The number of hydrogen-bond donors (Lipinski definition) is 2. The molecule has 0 aliphatic carbocycles. The van der Waals surface area contributed by atoms with Crippen LogP contribution in [0.1, 0.15) is 5.56 Å². The van der Waals surface area contributed by atoms with Crippen LogP contribution < -0.4 is 4.74 Å². The van der Waals surface area contributed by atoms with E-state index in [2.05, 4.69) is 0 Å². The molecule has 0 heterocycles. The minimum atomic E-state index is -0.185. The Morgan fingerprint density at radius 3 is 1.75 bits per heavy atom. The molecule has 0 aromatic heterocycles. The first-order valence-corrected chi connectivity index (χ1v) is 9.10. The third-order valence-corrected chi connectivity index (χ3v) is 4.62. The first kappa shape index (κ1) is 17.7. The van der Waals surface area contributed by atoms with Gasteiger partial charge >= 0.3 is 0 Å². The Morgan fingerprint density at radius 2 is 1.14 bits per heavy atom. The van der Waals surface area contributed by atoms with Crippen molar-refractivity contribution in [2.45, 2.75) is 6.61 Å². The second-order valence-corrected chi connectivity index (χ2v) is 6.50. The molecule has 0 amide bonds. The maximum atomic E-state index is 10.8. The average molecular weight is 368 g/mol. The summed E-state index contributed by atoms with van der Waals surface area (Å²) in [6, 6.07) is 30.5. The molecular formula is C25H20O3. The molecule has 0 atom stereocenters. The van der Waals surface area contributed by atoms with Gasteiger partial charge < -0.3 is 14.9 Å². The molecule has 138 valence electrons. The number of rotatable bonds is 5. The highest BCUT2D eigenvalue weighted by Gasteiger charge is 2.20. The molecule has 0 aliphatic rings. The van der Waals surface area contributed by atoms with Crippen molar-refractivity contribution in [3.05, 3.63) is 103 Å². The van der Waals surface area contributed by atoms with Gasteiger partial charge in [0.2, 0.25) is 0 Å². The van der Waals surface area contributed by atoms with E-state index in [9.17, 15) is 10.2 Å². The minimum Gasteiger partial charge on any atom is -0.504 e. The molecule has 0 fully saturated rings. The van der Waals surface area contributed by atoms with Crippen molar-refractivity contribution in [2.75, 3.05) is 0 Å². The van der Waals surface area contributed by atoms with E-state index in [-0.39, 0.29) is 11.5 Å². The zero-order valence-corrected chi connectivity index (χ0v) is 15.2. The van der Waals surface area contributed by atoms with Crippen LogP contribution in [-0.2, 0) is 6.61 Å². The number of ether oxygens (including phenoxy) is 1. The van der Waals surface area contributed by atoms with Crippen molar-refractivity contribution in [3.63, 3.8) is 0 Å². The minimum absolute atomic E-state index is 0.155. The summed E-state index contributed by atoms with van der Waals surface area (Å²) in [6.45, 7) is 0.360. The summed E-state index contributed by atoms with van der Waals surface area (Å²) in [5.41, 5.74) is 3.61. The standard InChI is InChI=1S/C25H20O3/c26-24-21(19-12-6-2-7-13-19)16-22(28-17-18-10-4-1-5-11-18)23(25(24)27)20-14-8-3-9-15-20/h1-16,26-27H,17H2. The number of benzene rings is 4. The number of phenolic OH excluding ortho intramolecular Hbond substituents is 2. The molecule has 4 aromatic rings. The van der Waals surface area contributed by atoms with Crippen LogP contribution in [-0.4, -0.2) is 10.2 Å². The van der Waals surface area contributed by atoms with Crippen molar-refractivity contribution in [1.82, 2.24) is 0 Å². The average Bonchev–Trinajstić information content (AvgIpc) is 2.76. The van der Waals surface area contributed by atoms with E-state index >= 15 is 0 Å². The molecule has 3 nitrogen and oxygen atoms in total. The SMILES string of the molecule is Oc1c(-c2ccccc2)cc(OCc2ccccc2)c(-c2ccccc2)c1O. The smallest absolute Gasteiger partial charge is 0.169 e. The Balaban J connectivity index is 1.83. The first-order valence-electron chi connectivity index (χ1n) is 9.10. The third-order valence-electron chi connectivity index (χ3n) is 4.62. The lowest BCUT2D eigenvalue weighted by atomic mass is 9.96. The van der Waals surface area contributed by atoms with Gasteiger partial charge in [-0.05, 0) is 22.8 Å². The highest BCUT2D eigenvalue weighted by atomic mass is 16.5. The summed E-state index contributed by atoms with van der Waals surface area (Å²) in [5, 5.41) is 21.5. The maximum Gasteiger partial charge on any atom is 0.169 e. The van der Waals surface area contributed by atoms with E-state index < -0.39 is 0 Å². The summed E-state index contributed by atoms with van der Waals surface area (Å²) in [6.07, 6.45) is 0. The summed E-state index contributed by atoms with van der Waals surface area (Å²) < 4.78 is 6.10. The Hall–Kier alpha value is -3.72. The molecule has 0 saturated carbocycles. The van der Waals surface area contributed by atoms with E-state index in [0.717, 1.165) is 16.7 Å². The molecule has 3 heteroatoms. The molecule has 28 heavy (non-hydrogen) atoms. The highest BCUT2D eigenvalue weighted by molar-refractivity contribution is 5.87. The number of hydrogen-bond acceptors (Lipinski definition) is 3. The molecule has 0 unspecified atom stereocenters.